The van der Waals surface area contributed by atoms with Gasteiger partial charge in [0, 0.05) is 22.4 Å². The third-order valence-corrected chi connectivity index (χ3v) is 2.94. The zero-order valence-electron chi connectivity index (χ0n) is 10.9. The first-order valence-electron chi connectivity index (χ1n) is 6.29. The molecule has 0 aliphatic rings. The summed E-state index contributed by atoms with van der Waals surface area (Å²) in [5.41, 5.74) is 1.98. The molecule has 90 valence electrons. The van der Waals surface area contributed by atoms with Crippen molar-refractivity contribution in [1.29, 1.82) is 0 Å². The summed E-state index contributed by atoms with van der Waals surface area (Å²) in [7, 11) is 0. The molecule has 1 aromatic heterocycles. The molecule has 1 aromatic carbocycles. The quantitative estimate of drug-likeness (QED) is 0.791. The molecule has 4 heteroatoms. The van der Waals surface area contributed by atoms with Gasteiger partial charge in [0.25, 0.3) is 0 Å². The van der Waals surface area contributed by atoms with Gasteiger partial charge < -0.3 is 0 Å². The first kappa shape index (κ1) is 15.4. The van der Waals surface area contributed by atoms with E-state index in [0.29, 0.717) is 0 Å². The summed E-state index contributed by atoms with van der Waals surface area (Å²) < 4.78 is 1.07. The molecule has 0 fully saturated rings. The molecule has 0 N–H and O–H groups in total. The fraction of sp³-hybridized carbons (Fsp3) is 0.286. The molecule has 0 radical (unpaired) electrons. The van der Waals surface area contributed by atoms with Gasteiger partial charge in [-0.15, -0.1) is 0 Å². The van der Waals surface area contributed by atoms with Crippen LogP contribution in [0.4, 0.5) is 0 Å². The van der Waals surface area contributed by atoms with Crippen molar-refractivity contribution in [1.82, 2.24) is 9.97 Å². The number of aromatic nitrogens is 2. The van der Waals surface area contributed by atoms with Gasteiger partial charge in [-0.3, -0.25) is 9.97 Å². The van der Waals surface area contributed by atoms with Gasteiger partial charge in [0.2, 0.25) is 0 Å². The Balaban J connectivity index is 0.000000280. The standard InChI is InChI=1S/C10H7BrN2.C4H9.Li/c11-9-3-1-8(2-4-9)10-7-12-5-6-13-10;1-3-4-2;/h1-7H;1,3-4H2,2H3;. The summed E-state index contributed by atoms with van der Waals surface area (Å²) >= 11 is 5.59. The van der Waals surface area contributed by atoms with Crippen LogP contribution in [0.2, 0.25) is 5.09 Å². The number of unbranched alkanes of at least 4 members (excludes halogenated alkanes) is 1. The third kappa shape index (κ3) is 5.82. The van der Waals surface area contributed by atoms with Gasteiger partial charge in [-0.2, -0.15) is 0 Å². The van der Waals surface area contributed by atoms with Gasteiger partial charge in [0.1, 0.15) is 0 Å². The molecule has 0 saturated carbocycles. The third-order valence-electron chi connectivity index (χ3n) is 2.41. The van der Waals surface area contributed by atoms with Crippen molar-refractivity contribution >= 4 is 33.6 Å². The summed E-state index contributed by atoms with van der Waals surface area (Å²) in [5.74, 6) is 0. The summed E-state index contributed by atoms with van der Waals surface area (Å²) in [5, 5.41) is 1.34. The molecule has 0 unspecified atom stereocenters. The van der Waals surface area contributed by atoms with Gasteiger partial charge >= 0.3 is 42.6 Å². The second kappa shape index (κ2) is 9.33. The Morgan fingerprint density at radius 1 is 1.17 bits per heavy atom. The van der Waals surface area contributed by atoms with Gasteiger partial charge in [-0.1, -0.05) is 28.1 Å². The van der Waals surface area contributed by atoms with E-state index in [9.17, 15) is 0 Å². The molecular formula is C14H16BrLiN2. The Morgan fingerprint density at radius 2 is 1.89 bits per heavy atom. The van der Waals surface area contributed by atoms with Gasteiger partial charge in [-0.05, 0) is 12.1 Å². The number of hydrogen-bond donors (Lipinski definition) is 0. The van der Waals surface area contributed by atoms with Crippen LogP contribution >= 0.6 is 15.9 Å². The van der Waals surface area contributed by atoms with Crippen LogP contribution in [0.15, 0.2) is 47.3 Å². The van der Waals surface area contributed by atoms with E-state index in [-0.39, 0.29) is 0 Å². The average Bonchev–Trinajstić information content (AvgIpc) is 2.42. The molecule has 0 aliphatic heterocycles. The molecule has 2 aromatic rings. The van der Waals surface area contributed by atoms with Crippen LogP contribution in [0, 0.1) is 0 Å². The Kier molecular flexibility index (Phi) is 8.00. The molecular weight excluding hydrogens is 283 g/mol. The molecule has 0 atom stereocenters. The molecule has 0 spiro atoms. The summed E-state index contributed by atoms with van der Waals surface area (Å²) in [6.07, 6.45) is 7.85. The first-order chi connectivity index (χ1) is 8.77. The Hall–Kier alpha value is -0.623. The van der Waals surface area contributed by atoms with E-state index in [1.807, 2.05) is 24.3 Å². The topological polar surface area (TPSA) is 25.8 Å². The second-order valence-electron chi connectivity index (χ2n) is 3.95. The molecule has 2 rings (SSSR count). The normalized spacial score (nSPS) is 9.56. The molecule has 1 heterocycles. The summed E-state index contributed by atoms with van der Waals surface area (Å²) in [4.78, 5) is 8.21. The van der Waals surface area contributed by atoms with Crippen molar-refractivity contribution in [2.24, 2.45) is 0 Å². The number of rotatable bonds is 3. The number of benzene rings is 1. The fourth-order valence-electron chi connectivity index (χ4n) is 1.42. The van der Waals surface area contributed by atoms with Crippen LogP contribution in [0.5, 0.6) is 0 Å². The minimum atomic E-state index is 0.898. The maximum atomic E-state index is 4.20. The van der Waals surface area contributed by atoms with Crippen molar-refractivity contribution in [3.63, 3.8) is 0 Å². The average molecular weight is 299 g/mol. The minimum absolute atomic E-state index is 0.898. The van der Waals surface area contributed by atoms with E-state index in [1.54, 1.807) is 18.6 Å². The van der Waals surface area contributed by atoms with E-state index < -0.39 is 0 Å². The number of nitrogens with zero attached hydrogens (tertiary/aromatic N) is 2. The van der Waals surface area contributed by atoms with E-state index in [2.05, 4.69) is 50.5 Å². The van der Waals surface area contributed by atoms with E-state index in [0.717, 1.165) is 15.7 Å². The van der Waals surface area contributed by atoms with E-state index >= 15 is 0 Å². The Labute approximate surface area is 127 Å². The van der Waals surface area contributed by atoms with Gasteiger partial charge in [0.15, 0.2) is 0 Å². The predicted molar refractivity (Wildman–Crippen MR) is 80.6 cm³/mol. The van der Waals surface area contributed by atoms with Crippen molar-refractivity contribution in [3.8, 4) is 11.3 Å². The predicted octanol–water partition coefficient (Wildman–Crippen LogP) is 4.28. The first-order valence-corrected chi connectivity index (χ1v) is 7.09. The van der Waals surface area contributed by atoms with E-state index in [1.165, 1.54) is 17.9 Å². The maximum absolute atomic E-state index is 4.20. The summed E-state index contributed by atoms with van der Waals surface area (Å²) in [6.45, 7) is 2.21. The molecule has 0 aliphatic carbocycles. The second-order valence-corrected chi connectivity index (χ2v) is 4.87. The molecule has 18 heavy (non-hydrogen) atoms. The molecule has 2 nitrogen and oxygen atoms in total. The van der Waals surface area contributed by atoms with Crippen molar-refractivity contribution in [3.05, 3.63) is 47.3 Å². The van der Waals surface area contributed by atoms with E-state index in [4.69, 9.17) is 0 Å². The van der Waals surface area contributed by atoms with Crippen LogP contribution in [-0.4, -0.2) is 27.7 Å². The Bertz CT molecular complexity index is 429. The van der Waals surface area contributed by atoms with Crippen molar-refractivity contribution in [2.45, 2.75) is 24.9 Å². The molecule has 0 amide bonds. The zero-order valence-corrected chi connectivity index (χ0v) is 12.5. The monoisotopic (exact) mass is 298 g/mol. The van der Waals surface area contributed by atoms with Crippen molar-refractivity contribution in [2.75, 3.05) is 0 Å². The summed E-state index contributed by atoms with van der Waals surface area (Å²) in [6, 6.07) is 8.00. The SMILES string of the molecule is Brc1ccc(-c2cnccn2)cc1.[Li][CH2]CCC. The molecule has 0 bridgehead atoms. The van der Waals surface area contributed by atoms with Crippen LogP contribution < -0.4 is 0 Å². The van der Waals surface area contributed by atoms with Crippen LogP contribution in [0.3, 0.4) is 0 Å². The van der Waals surface area contributed by atoms with Crippen molar-refractivity contribution < 1.29 is 0 Å². The van der Waals surface area contributed by atoms with Gasteiger partial charge in [0.05, 0.1) is 11.9 Å². The Morgan fingerprint density at radius 3 is 2.33 bits per heavy atom. The zero-order chi connectivity index (χ0) is 13.2. The van der Waals surface area contributed by atoms with Crippen LogP contribution in [0.25, 0.3) is 11.3 Å². The van der Waals surface area contributed by atoms with Crippen LogP contribution in [-0.2, 0) is 0 Å². The number of halogens is 1. The van der Waals surface area contributed by atoms with Gasteiger partial charge in [-0.25, -0.2) is 0 Å². The molecule has 0 saturated heterocycles. The number of hydrogen-bond acceptors (Lipinski definition) is 2. The fourth-order valence-corrected chi connectivity index (χ4v) is 1.69. The van der Waals surface area contributed by atoms with Crippen LogP contribution in [0.1, 0.15) is 19.8 Å².